The van der Waals surface area contributed by atoms with E-state index in [0.717, 1.165) is 0 Å². The fourth-order valence-electron chi connectivity index (χ4n) is 2.07. The van der Waals surface area contributed by atoms with Gasteiger partial charge in [-0.2, -0.15) is 5.10 Å². The molecule has 0 saturated carbocycles. The van der Waals surface area contributed by atoms with Crippen molar-refractivity contribution in [2.24, 2.45) is 0 Å². The minimum Gasteiger partial charge on any atom is -0.386 e. The van der Waals surface area contributed by atoms with Crippen molar-refractivity contribution in [3.05, 3.63) is 51.5 Å². The number of nitrogens with zero attached hydrogens (tertiary/aromatic N) is 2. The smallest absolute Gasteiger partial charge is 0.124 e. The third-order valence-electron chi connectivity index (χ3n) is 3.02. The van der Waals surface area contributed by atoms with Gasteiger partial charge >= 0.3 is 0 Å². The highest BCUT2D eigenvalue weighted by Crippen LogP contribution is 2.29. The molecule has 2 rings (SSSR count). The third kappa shape index (κ3) is 3.14. The van der Waals surface area contributed by atoms with Crippen molar-refractivity contribution in [3.8, 4) is 0 Å². The molecule has 3 nitrogen and oxygen atoms in total. The first-order valence-corrected chi connectivity index (χ1v) is 7.00. The van der Waals surface area contributed by atoms with Crippen LogP contribution in [0.5, 0.6) is 0 Å². The number of aliphatic hydroxyl groups excluding tert-OH is 1. The van der Waals surface area contributed by atoms with E-state index in [4.69, 9.17) is 23.2 Å². The van der Waals surface area contributed by atoms with Gasteiger partial charge in [-0.05, 0) is 31.5 Å². The van der Waals surface area contributed by atoms with E-state index in [1.807, 2.05) is 13.8 Å². The lowest BCUT2D eigenvalue weighted by molar-refractivity contribution is 0.165. The van der Waals surface area contributed by atoms with Crippen LogP contribution in [0.2, 0.25) is 10.0 Å². The van der Waals surface area contributed by atoms with Gasteiger partial charge in [-0.15, -0.1) is 0 Å². The van der Waals surface area contributed by atoms with Crippen molar-refractivity contribution in [1.82, 2.24) is 9.78 Å². The SMILES string of the molecule is CC(C)n1ncc(Cl)c1C(O)Cc1ccc(F)cc1Cl. The highest BCUT2D eigenvalue weighted by Gasteiger charge is 2.21. The summed E-state index contributed by atoms with van der Waals surface area (Å²) in [6.07, 6.45) is 0.902. The molecule has 1 N–H and O–H groups in total. The van der Waals surface area contributed by atoms with E-state index < -0.39 is 11.9 Å². The lowest BCUT2D eigenvalue weighted by Gasteiger charge is -2.17. The molecule has 0 aliphatic heterocycles. The lowest BCUT2D eigenvalue weighted by Crippen LogP contribution is -2.13. The van der Waals surface area contributed by atoms with Crippen molar-refractivity contribution < 1.29 is 9.50 Å². The average molecular weight is 317 g/mol. The van der Waals surface area contributed by atoms with Crippen molar-refractivity contribution in [3.63, 3.8) is 0 Å². The van der Waals surface area contributed by atoms with Crippen molar-refractivity contribution in [2.75, 3.05) is 0 Å². The molecule has 0 radical (unpaired) electrons. The largest absolute Gasteiger partial charge is 0.386 e. The molecule has 108 valence electrons. The van der Waals surface area contributed by atoms with E-state index in [1.54, 1.807) is 10.7 Å². The molecule has 1 heterocycles. The highest BCUT2D eigenvalue weighted by atomic mass is 35.5. The molecule has 20 heavy (non-hydrogen) atoms. The maximum Gasteiger partial charge on any atom is 0.124 e. The second kappa shape index (κ2) is 6.12. The molecular weight excluding hydrogens is 302 g/mol. The monoisotopic (exact) mass is 316 g/mol. The summed E-state index contributed by atoms with van der Waals surface area (Å²) in [5.74, 6) is -0.404. The van der Waals surface area contributed by atoms with E-state index in [-0.39, 0.29) is 17.5 Å². The summed E-state index contributed by atoms with van der Waals surface area (Å²) in [5.41, 5.74) is 1.20. The summed E-state index contributed by atoms with van der Waals surface area (Å²) in [4.78, 5) is 0. The van der Waals surface area contributed by atoms with E-state index in [0.29, 0.717) is 16.3 Å². The van der Waals surface area contributed by atoms with Crippen LogP contribution in [0, 0.1) is 5.82 Å². The fraction of sp³-hybridized carbons (Fsp3) is 0.357. The van der Waals surface area contributed by atoms with Crippen LogP contribution in [0.4, 0.5) is 4.39 Å². The van der Waals surface area contributed by atoms with Gasteiger partial charge in [0.2, 0.25) is 0 Å². The maximum absolute atomic E-state index is 13.0. The van der Waals surface area contributed by atoms with Crippen LogP contribution in [0.15, 0.2) is 24.4 Å². The molecule has 0 fully saturated rings. The molecule has 1 unspecified atom stereocenters. The first-order valence-electron chi connectivity index (χ1n) is 6.25. The molecule has 0 aliphatic carbocycles. The predicted octanol–water partition coefficient (Wildman–Crippen LogP) is 4.19. The fourth-order valence-corrected chi connectivity index (χ4v) is 2.57. The number of aromatic nitrogens is 2. The number of hydrogen-bond donors (Lipinski definition) is 1. The number of hydrogen-bond acceptors (Lipinski definition) is 2. The Bertz CT molecular complexity index is 613. The van der Waals surface area contributed by atoms with Gasteiger partial charge in [0.25, 0.3) is 0 Å². The molecule has 1 aromatic heterocycles. The zero-order valence-corrected chi connectivity index (χ0v) is 12.7. The zero-order valence-electron chi connectivity index (χ0n) is 11.1. The van der Waals surface area contributed by atoms with Gasteiger partial charge in [0.15, 0.2) is 0 Å². The number of rotatable bonds is 4. The Morgan fingerprint density at radius 1 is 1.30 bits per heavy atom. The van der Waals surface area contributed by atoms with Gasteiger partial charge in [0.05, 0.1) is 16.9 Å². The standard InChI is InChI=1S/C14H15Cl2FN2O/c1-8(2)19-14(12(16)7-18-19)13(20)5-9-3-4-10(17)6-11(9)15/h3-4,6-8,13,20H,5H2,1-2H3. The highest BCUT2D eigenvalue weighted by molar-refractivity contribution is 6.31. The Hall–Kier alpha value is -1.10. The van der Waals surface area contributed by atoms with Crippen molar-refractivity contribution in [2.45, 2.75) is 32.4 Å². The Morgan fingerprint density at radius 3 is 2.60 bits per heavy atom. The summed E-state index contributed by atoms with van der Waals surface area (Å²) in [6, 6.07) is 4.18. The van der Waals surface area contributed by atoms with Crippen LogP contribution in [-0.4, -0.2) is 14.9 Å². The average Bonchev–Trinajstić information content (AvgIpc) is 2.75. The van der Waals surface area contributed by atoms with Crippen LogP contribution in [-0.2, 0) is 6.42 Å². The quantitative estimate of drug-likeness (QED) is 0.918. The summed E-state index contributed by atoms with van der Waals surface area (Å²) in [7, 11) is 0. The van der Waals surface area contributed by atoms with Crippen molar-refractivity contribution >= 4 is 23.2 Å². The first-order chi connectivity index (χ1) is 9.40. The summed E-state index contributed by atoms with van der Waals surface area (Å²) >= 11 is 12.0. The summed E-state index contributed by atoms with van der Waals surface area (Å²) in [5, 5.41) is 15.2. The number of aliphatic hydroxyl groups is 1. The summed E-state index contributed by atoms with van der Waals surface area (Å²) in [6.45, 7) is 3.90. The molecule has 1 atom stereocenters. The Morgan fingerprint density at radius 2 is 2.00 bits per heavy atom. The van der Waals surface area contributed by atoms with Crippen LogP contribution >= 0.6 is 23.2 Å². The van der Waals surface area contributed by atoms with E-state index >= 15 is 0 Å². The van der Waals surface area contributed by atoms with Crippen LogP contribution in [0.3, 0.4) is 0 Å². The number of halogens is 3. The zero-order chi connectivity index (χ0) is 14.9. The molecule has 0 saturated heterocycles. The van der Waals surface area contributed by atoms with Gasteiger partial charge < -0.3 is 5.11 Å². The molecule has 1 aromatic carbocycles. The van der Waals surface area contributed by atoms with Crippen LogP contribution < -0.4 is 0 Å². The van der Waals surface area contributed by atoms with Crippen LogP contribution in [0.25, 0.3) is 0 Å². The maximum atomic E-state index is 13.0. The molecule has 0 bridgehead atoms. The molecule has 2 aromatic rings. The molecular formula is C14H15Cl2FN2O. The molecule has 0 aliphatic rings. The van der Waals surface area contributed by atoms with Crippen molar-refractivity contribution in [1.29, 1.82) is 0 Å². The second-order valence-electron chi connectivity index (χ2n) is 4.87. The first kappa shape index (κ1) is 15.3. The number of benzene rings is 1. The molecule has 0 amide bonds. The van der Waals surface area contributed by atoms with Crippen LogP contribution in [0.1, 0.15) is 37.3 Å². The minimum absolute atomic E-state index is 0.0795. The third-order valence-corrected chi connectivity index (χ3v) is 3.66. The van der Waals surface area contributed by atoms with Gasteiger partial charge in [-0.3, -0.25) is 4.68 Å². The molecule has 6 heteroatoms. The van der Waals surface area contributed by atoms with E-state index in [9.17, 15) is 9.50 Å². The molecule has 0 spiro atoms. The Balaban J connectivity index is 2.28. The van der Waals surface area contributed by atoms with Gasteiger partial charge in [0, 0.05) is 17.5 Å². The topological polar surface area (TPSA) is 38.0 Å². The van der Waals surface area contributed by atoms with Gasteiger partial charge in [-0.1, -0.05) is 29.3 Å². The van der Waals surface area contributed by atoms with Gasteiger partial charge in [0.1, 0.15) is 11.9 Å². The van der Waals surface area contributed by atoms with Gasteiger partial charge in [-0.25, -0.2) is 4.39 Å². The van der Waals surface area contributed by atoms with E-state index in [1.165, 1.54) is 18.3 Å². The second-order valence-corrected chi connectivity index (χ2v) is 5.69. The minimum atomic E-state index is -0.852. The summed E-state index contributed by atoms with van der Waals surface area (Å²) < 4.78 is 14.7. The normalized spacial score (nSPS) is 12.9. The van der Waals surface area contributed by atoms with E-state index in [2.05, 4.69) is 5.10 Å². The Kier molecular flexibility index (Phi) is 4.68. The Labute approximate surface area is 126 Å². The predicted molar refractivity (Wildman–Crippen MR) is 77.7 cm³/mol. The lowest BCUT2D eigenvalue weighted by atomic mass is 10.1.